The van der Waals surface area contributed by atoms with Crippen molar-refractivity contribution in [2.45, 2.75) is 80.1 Å². The molecular formula is C22H38N2O3. The Bertz CT molecular complexity index is 565. The van der Waals surface area contributed by atoms with Gasteiger partial charge < -0.3 is 4.90 Å². The van der Waals surface area contributed by atoms with Crippen molar-refractivity contribution in [3.63, 3.8) is 0 Å². The van der Waals surface area contributed by atoms with Gasteiger partial charge in [-0.05, 0) is 29.6 Å². The Morgan fingerprint density at radius 2 is 1.52 bits per heavy atom. The molecular weight excluding hydrogens is 340 g/mol. The molecule has 0 spiro atoms. The molecule has 2 fully saturated rings. The van der Waals surface area contributed by atoms with Crippen LogP contribution in [0.25, 0.3) is 0 Å². The molecule has 27 heavy (non-hydrogen) atoms. The summed E-state index contributed by atoms with van der Waals surface area (Å²) in [6, 6.07) is 0. The van der Waals surface area contributed by atoms with E-state index in [1.54, 1.807) is 0 Å². The Hall–Kier alpha value is -1.39. The summed E-state index contributed by atoms with van der Waals surface area (Å²) in [7, 11) is 0. The van der Waals surface area contributed by atoms with Crippen LogP contribution in [0.5, 0.6) is 0 Å². The second-order valence-corrected chi connectivity index (χ2v) is 10.5. The summed E-state index contributed by atoms with van der Waals surface area (Å²) in [4.78, 5) is 40.2. The SMILES string of the molecule is CC(C)(C)C1CN(C(=O)CCCCCCN2C(=O)CC(C(C)(C)C)C2=O)C1. The number of likely N-dealkylation sites (tertiary alicyclic amines) is 2. The first-order chi connectivity index (χ1) is 12.4. The molecule has 0 bridgehead atoms. The zero-order chi connectivity index (χ0) is 20.4. The molecule has 5 heteroatoms. The van der Waals surface area contributed by atoms with Crippen LogP contribution in [0.2, 0.25) is 0 Å². The van der Waals surface area contributed by atoms with Crippen molar-refractivity contribution in [1.29, 1.82) is 0 Å². The minimum absolute atomic E-state index is 0.00568. The molecule has 0 aliphatic carbocycles. The van der Waals surface area contributed by atoms with E-state index in [0.717, 1.165) is 38.8 Å². The van der Waals surface area contributed by atoms with E-state index in [4.69, 9.17) is 0 Å². The summed E-state index contributed by atoms with van der Waals surface area (Å²) in [5.41, 5.74) is 0.123. The average Bonchev–Trinajstić information content (AvgIpc) is 2.75. The highest BCUT2D eigenvalue weighted by Crippen LogP contribution is 2.36. The van der Waals surface area contributed by atoms with Gasteiger partial charge in [-0.1, -0.05) is 54.4 Å². The van der Waals surface area contributed by atoms with Crippen molar-refractivity contribution >= 4 is 17.7 Å². The van der Waals surface area contributed by atoms with Crippen LogP contribution in [0.4, 0.5) is 0 Å². The normalized spacial score (nSPS) is 21.8. The first-order valence-electron chi connectivity index (χ1n) is 10.5. The minimum atomic E-state index is -0.184. The quantitative estimate of drug-likeness (QED) is 0.499. The predicted molar refractivity (Wildman–Crippen MR) is 107 cm³/mol. The third-order valence-electron chi connectivity index (χ3n) is 6.27. The van der Waals surface area contributed by atoms with E-state index in [1.165, 1.54) is 4.90 Å². The summed E-state index contributed by atoms with van der Waals surface area (Å²) in [5.74, 6) is 0.675. The van der Waals surface area contributed by atoms with Crippen LogP contribution in [0.15, 0.2) is 0 Å². The lowest BCUT2D eigenvalue weighted by atomic mass is 9.76. The van der Waals surface area contributed by atoms with E-state index < -0.39 is 0 Å². The Balaban J connectivity index is 1.58. The summed E-state index contributed by atoms with van der Waals surface area (Å²) in [6.45, 7) is 15.1. The Morgan fingerprint density at radius 1 is 0.926 bits per heavy atom. The first kappa shape index (κ1) is 21.9. The fraction of sp³-hybridized carbons (Fsp3) is 0.864. The molecule has 1 unspecified atom stereocenters. The first-order valence-corrected chi connectivity index (χ1v) is 10.5. The highest BCUT2D eigenvalue weighted by atomic mass is 16.2. The fourth-order valence-electron chi connectivity index (χ4n) is 3.88. The maximum absolute atomic E-state index is 12.4. The molecule has 0 saturated carbocycles. The number of hydrogen-bond donors (Lipinski definition) is 0. The zero-order valence-corrected chi connectivity index (χ0v) is 18.1. The average molecular weight is 379 g/mol. The molecule has 154 valence electrons. The summed E-state index contributed by atoms with van der Waals surface area (Å²) in [5, 5.41) is 0. The molecule has 2 saturated heterocycles. The van der Waals surface area contributed by atoms with Gasteiger partial charge in [0, 0.05) is 32.5 Å². The van der Waals surface area contributed by atoms with Gasteiger partial charge in [-0.3, -0.25) is 19.3 Å². The fourth-order valence-corrected chi connectivity index (χ4v) is 3.88. The van der Waals surface area contributed by atoms with Crippen LogP contribution in [0.3, 0.4) is 0 Å². The summed E-state index contributed by atoms with van der Waals surface area (Å²) >= 11 is 0. The number of rotatable bonds is 7. The van der Waals surface area contributed by atoms with Crippen molar-refractivity contribution in [3.05, 3.63) is 0 Å². The monoisotopic (exact) mass is 378 g/mol. The Kier molecular flexibility index (Phi) is 6.75. The lowest BCUT2D eigenvalue weighted by molar-refractivity contribution is -0.141. The number of imide groups is 1. The number of carbonyl (C=O) groups is 3. The third kappa shape index (κ3) is 5.55. The highest BCUT2D eigenvalue weighted by molar-refractivity contribution is 6.03. The summed E-state index contributed by atoms with van der Waals surface area (Å²) in [6.07, 6.45) is 4.61. The van der Waals surface area contributed by atoms with Gasteiger partial charge in [-0.15, -0.1) is 0 Å². The molecule has 3 amide bonds. The molecule has 0 N–H and O–H groups in total. The second-order valence-electron chi connectivity index (χ2n) is 10.5. The van der Waals surface area contributed by atoms with E-state index >= 15 is 0 Å². The minimum Gasteiger partial charge on any atom is -0.342 e. The van der Waals surface area contributed by atoms with Gasteiger partial charge in [0.2, 0.25) is 17.7 Å². The van der Waals surface area contributed by atoms with Crippen molar-refractivity contribution in [3.8, 4) is 0 Å². The van der Waals surface area contributed by atoms with Crippen LogP contribution >= 0.6 is 0 Å². The van der Waals surface area contributed by atoms with Gasteiger partial charge in [0.25, 0.3) is 0 Å². The van der Waals surface area contributed by atoms with E-state index in [-0.39, 0.29) is 34.5 Å². The van der Waals surface area contributed by atoms with Gasteiger partial charge in [-0.2, -0.15) is 0 Å². The number of amides is 3. The van der Waals surface area contributed by atoms with Gasteiger partial charge in [0.05, 0.1) is 5.92 Å². The van der Waals surface area contributed by atoms with Crippen molar-refractivity contribution in [2.24, 2.45) is 22.7 Å². The lowest BCUT2D eigenvalue weighted by Crippen LogP contribution is -2.54. The summed E-state index contributed by atoms with van der Waals surface area (Å²) < 4.78 is 0. The third-order valence-corrected chi connectivity index (χ3v) is 6.27. The van der Waals surface area contributed by atoms with Crippen molar-refractivity contribution < 1.29 is 14.4 Å². The number of carbonyl (C=O) groups excluding carboxylic acids is 3. The number of nitrogens with zero attached hydrogens (tertiary/aromatic N) is 2. The van der Waals surface area contributed by atoms with Gasteiger partial charge in [0.1, 0.15) is 0 Å². The molecule has 2 aliphatic rings. The molecule has 0 radical (unpaired) electrons. The molecule has 5 nitrogen and oxygen atoms in total. The number of unbranched alkanes of at least 4 members (excludes halogenated alkanes) is 3. The zero-order valence-electron chi connectivity index (χ0n) is 18.1. The van der Waals surface area contributed by atoms with E-state index in [2.05, 4.69) is 20.8 Å². The van der Waals surface area contributed by atoms with Gasteiger partial charge in [-0.25, -0.2) is 0 Å². The van der Waals surface area contributed by atoms with E-state index in [9.17, 15) is 14.4 Å². The maximum atomic E-state index is 12.4. The van der Waals surface area contributed by atoms with E-state index in [1.807, 2.05) is 25.7 Å². The molecule has 2 aliphatic heterocycles. The van der Waals surface area contributed by atoms with Crippen molar-refractivity contribution in [1.82, 2.24) is 9.80 Å². The molecule has 1 atom stereocenters. The maximum Gasteiger partial charge on any atom is 0.233 e. The standard InChI is InChI=1S/C22H38N2O3/c1-21(2,3)16-14-23(15-16)18(25)11-9-7-8-10-12-24-19(26)13-17(20(24)27)22(4,5)6/h16-17H,7-15H2,1-6H3. The highest BCUT2D eigenvalue weighted by Gasteiger charge is 2.44. The smallest absolute Gasteiger partial charge is 0.233 e. The van der Waals surface area contributed by atoms with Gasteiger partial charge in [0.15, 0.2) is 0 Å². The van der Waals surface area contributed by atoms with Crippen molar-refractivity contribution in [2.75, 3.05) is 19.6 Å². The molecule has 2 rings (SSSR count). The van der Waals surface area contributed by atoms with Crippen LogP contribution < -0.4 is 0 Å². The Morgan fingerprint density at radius 3 is 2.04 bits per heavy atom. The predicted octanol–water partition coefficient (Wildman–Crippen LogP) is 3.86. The van der Waals surface area contributed by atoms with Crippen LogP contribution in [-0.2, 0) is 14.4 Å². The molecule has 0 aromatic carbocycles. The van der Waals surface area contributed by atoms with E-state index in [0.29, 0.717) is 25.3 Å². The molecule has 0 aromatic heterocycles. The van der Waals surface area contributed by atoms with Crippen LogP contribution in [0.1, 0.15) is 80.1 Å². The number of hydrogen-bond acceptors (Lipinski definition) is 3. The topological polar surface area (TPSA) is 57.7 Å². The second kappa shape index (κ2) is 8.32. The lowest BCUT2D eigenvalue weighted by Gasteiger charge is -2.46. The van der Waals surface area contributed by atoms with Gasteiger partial charge >= 0.3 is 0 Å². The van der Waals surface area contributed by atoms with Crippen LogP contribution in [-0.4, -0.2) is 47.2 Å². The largest absolute Gasteiger partial charge is 0.342 e. The molecule has 0 aromatic rings. The van der Waals surface area contributed by atoms with Crippen LogP contribution in [0, 0.1) is 22.7 Å². The Labute approximate surface area is 164 Å². The molecule has 2 heterocycles.